The summed E-state index contributed by atoms with van der Waals surface area (Å²) >= 11 is 0. The van der Waals surface area contributed by atoms with Gasteiger partial charge in [0.15, 0.2) is 5.78 Å². The monoisotopic (exact) mass is 267 g/mol. The molecule has 0 saturated heterocycles. The van der Waals surface area contributed by atoms with Gasteiger partial charge in [0.25, 0.3) is 0 Å². The largest absolute Gasteiger partial charge is 0.373 e. The van der Waals surface area contributed by atoms with Crippen LogP contribution in [-0.4, -0.2) is 17.4 Å². The number of aryl methyl sites for hydroxylation is 1. The predicted octanol–water partition coefficient (Wildman–Crippen LogP) is 3.28. The molecule has 2 heterocycles. The highest BCUT2D eigenvalue weighted by molar-refractivity contribution is 5.94. The van der Waals surface area contributed by atoms with Crippen molar-refractivity contribution in [1.82, 2.24) is 4.98 Å². The molecule has 0 N–H and O–H groups in total. The Morgan fingerprint density at radius 3 is 3.05 bits per heavy atom. The third kappa shape index (κ3) is 2.63. The molecule has 1 unspecified atom stereocenters. The zero-order valence-corrected chi connectivity index (χ0v) is 11.5. The second kappa shape index (κ2) is 5.55. The summed E-state index contributed by atoms with van der Waals surface area (Å²) in [6.45, 7) is 2.64. The standard InChI is InChI=1S/C17H17NO2/c1-12-6-8-18-15(10-12)16(19)11-17-14-5-3-2-4-13(14)7-9-20-17/h2-6,8,10,17H,7,9,11H2,1H3. The van der Waals surface area contributed by atoms with E-state index in [1.165, 1.54) is 5.56 Å². The zero-order chi connectivity index (χ0) is 13.9. The minimum atomic E-state index is -0.144. The van der Waals surface area contributed by atoms with Gasteiger partial charge in [0, 0.05) is 12.6 Å². The van der Waals surface area contributed by atoms with Gasteiger partial charge in [0.2, 0.25) is 0 Å². The maximum Gasteiger partial charge on any atom is 0.184 e. The summed E-state index contributed by atoms with van der Waals surface area (Å²) in [6.07, 6.45) is 2.81. The van der Waals surface area contributed by atoms with E-state index in [0.29, 0.717) is 18.7 Å². The van der Waals surface area contributed by atoms with Crippen LogP contribution >= 0.6 is 0 Å². The van der Waals surface area contributed by atoms with Crippen molar-refractivity contribution in [3.63, 3.8) is 0 Å². The summed E-state index contributed by atoms with van der Waals surface area (Å²) in [5, 5.41) is 0. The van der Waals surface area contributed by atoms with E-state index >= 15 is 0 Å². The number of fused-ring (bicyclic) bond motifs is 1. The predicted molar refractivity (Wildman–Crippen MR) is 76.8 cm³/mol. The number of hydrogen-bond acceptors (Lipinski definition) is 3. The van der Waals surface area contributed by atoms with E-state index in [9.17, 15) is 4.79 Å². The van der Waals surface area contributed by atoms with Crippen molar-refractivity contribution in [2.45, 2.75) is 25.9 Å². The first-order valence-electron chi connectivity index (χ1n) is 6.89. The quantitative estimate of drug-likeness (QED) is 0.801. The van der Waals surface area contributed by atoms with Crippen LogP contribution < -0.4 is 0 Å². The maximum atomic E-state index is 12.3. The lowest BCUT2D eigenvalue weighted by Crippen LogP contribution is -2.19. The number of carbonyl (C=O) groups is 1. The van der Waals surface area contributed by atoms with Gasteiger partial charge in [-0.3, -0.25) is 9.78 Å². The van der Waals surface area contributed by atoms with Gasteiger partial charge in [-0.1, -0.05) is 24.3 Å². The highest BCUT2D eigenvalue weighted by Crippen LogP contribution is 2.30. The molecule has 0 radical (unpaired) electrons. The number of benzene rings is 1. The van der Waals surface area contributed by atoms with Crippen molar-refractivity contribution in [3.05, 3.63) is 65.0 Å². The van der Waals surface area contributed by atoms with E-state index in [2.05, 4.69) is 17.1 Å². The topological polar surface area (TPSA) is 39.2 Å². The summed E-state index contributed by atoms with van der Waals surface area (Å²) in [7, 11) is 0. The Morgan fingerprint density at radius 1 is 1.35 bits per heavy atom. The molecule has 1 aromatic heterocycles. The fraction of sp³-hybridized carbons (Fsp3) is 0.294. The highest BCUT2D eigenvalue weighted by Gasteiger charge is 2.24. The molecule has 3 heteroatoms. The Labute approximate surface area is 118 Å². The number of nitrogens with zero attached hydrogens (tertiary/aromatic N) is 1. The molecule has 0 aliphatic carbocycles. The molecule has 0 bridgehead atoms. The van der Waals surface area contributed by atoms with Crippen molar-refractivity contribution < 1.29 is 9.53 Å². The van der Waals surface area contributed by atoms with Crippen molar-refractivity contribution in [2.24, 2.45) is 0 Å². The van der Waals surface area contributed by atoms with Gasteiger partial charge in [-0.15, -0.1) is 0 Å². The fourth-order valence-electron chi connectivity index (χ4n) is 2.61. The van der Waals surface area contributed by atoms with Crippen LogP contribution in [0.15, 0.2) is 42.6 Å². The number of rotatable bonds is 3. The van der Waals surface area contributed by atoms with Crippen LogP contribution in [0.2, 0.25) is 0 Å². The SMILES string of the molecule is Cc1ccnc(C(=O)CC2OCCc3ccccc32)c1. The van der Waals surface area contributed by atoms with Gasteiger partial charge in [0.05, 0.1) is 12.7 Å². The number of ether oxygens (including phenoxy) is 1. The average molecular weight is 267 g/mol. The van der Waals surface area contributed by atoms with Crippen LogP contribution in [-0.2, 0) is 11.2 Å². The van der Waals surface area contributed by atoms with E-state index in [0.717, 1.165) is 17.5 Å². The minimum absolute atomic E-state index is 0.0374. The minimum Gasteiger partial charge on any atom is -0.373 e. The lowest BCUT2D eigenvalue weighted by Gasteiger charge is -2.25. The molecule has 3 nitrogen and oxygen atoms in total. The summed E-state index contributed by atoms with van der Waals surface area (Å²) in [4.78, 5) is 16.5. The molecule has 20 heavy (non-hydrogen) atoms. The van der Waals surface area contributed by atoms with E-state index < -0.39 is 0 Å². The Morgan fingerprint density at radius 2 is 2.20 bits per heavy atom. The molecule has 1 atom stereocenters. The smallest absolute Gasteiger partial charge is 0.184 e. The molecular formula is C17H17NO2. The number of pyridine rings is 1. The molecule has 2 aromatic rings. The van der Waals surface area contributed by atoms with Gasteiger partial charge in [-0.25, -0.2) is 0 Å². The lowest BCUT2D eigenvalue weighted by atomic mass is 9.94. The molecule has 0 saturated carbocycles. The molecular weight excluding hydrogens is 250 g/mol. The lowest BCUT2D eigenvalue weighted by molar-refractivity contribution is 0.0350. The van der Waals surface area contributed by atoms with Crippen LogP contribution in [0.1, 0.15) is 39.7 Å². The number of hydrogen-bond donors (Lipinski definition) is 0. The number of aromatic nitrogens is 1. The third-order valence-electron chi connectivity index (χ3n) is 3.66. The summed E-state index contributed by atoms with van der Waals surface area (Å²) in [5.41, 5.74) is 4.00. The van der Waals surface area contributed by atoms with Crippen LogP contribution in [0, 0.1) is 6.92 Å². The van der Waals surface area contributed by atoms with E-state index in [4.69, 9.17) is 4.74 Å². The van der Waals surface area contributed by atoms with Crippen molar-refractivity contribution >= 4 is 5.78 Å². The van der Waals surface area contributed by atoms with Crippen LogP contribution in [0.3, 0.4) is 0 Å². The normalized spacial score (nSPS) is 17.6. The summed E-state index contributed by atoms with van der Waals surface area (Å²) in [5.74, 6) is 0.0374. The molecule has 0 fully saturated rings. The van der Waals surface area contributed by atoms with Crippen molar-refractivity contribution in [3.8, 4) is 0 Å². The summed E-state index contributed by atoms with van der Waals surface area (Å²) in [6, 6.07) is 11.9. The second-order valence-corrected chi connectivity index (χ2v) is 5.15. The Bertz CT molecular complexity index is 636. The average Bonchev–Trinajstić information content (AvgIpc) is 2.47. The number of carbonyl (C=O) groups excluding carboxylic acids is 1. The van der Waals surface area contributed by atoms with E-state index in [1.54, 1.807) is 6.20 Å². The Hall–Kier alpha value is -2.00. The van der Waals surface area contributed by atoms with Gasteiger partial charge in [-0.2, -0.15) is 0 Å². The van der Waals surface area contributed by atoms with Gasteiger partial charge in [0.1, 0.15) is 5.69 Å². The molecule has 3 rings (SSSR count). The Kier molecular flexibility index (Phi) is 3.61. The first-order chi connectivity index (χ1) is 9.74. The fourth-order valence-corrected chi connectivity index (χ4v) is 2.61. The van der Waals surface area contributed by atoms with Gasteiger partial charge < -0.3 is 4.74 Å². The third-order valence-corrected chi connectivity index (χ3v) is 3.66. The van der Waals surface area contributed by atoms with Crippen LogP contribution in [0.5, 0.6) is 0 Å². The first kappa shape index (κ1) is 13.0. The molecule has 1 aliphatic heterocycles. The first-order valence-corrected chi connectivity index (χ1v) is 6.89. The number of ketones is 1. The molecule has 0 amide bonds. The maximum absolute atomic E-state index is 12.3. The molecule has 1 aromatic carbocycles. The molecule has 0 spiro atoms. The van der Waals surface area contributed by atoms with E-state index in [1.807, 2.05) is 31.2 Å². The molecule has 102 valence electrons. The van der Waals surface area contributed by atoms with Crippen LogP contribution in [0.4, 0.5) is 0 Å². The van der Waals surface area contributed by atoms with Gasteiger partial charge in [-0.05, 0) is 42.2 Å². The number of Topliss-reactive ketones (excluding diaryl/α,β-unsaturated/α-hetero) is 1. The van der Waals surface area contributed by atoms with Crippen LogP contribution in [0.25, 0.3) is 0 Å². The van der Waals surface area contributed by atoms with Crippen molar-refractivity contribution in [1.29, 1.82) is 0 Å². The highest BCUT2D eigenvalue weighted by atomic mass is 16.5. The molecule has 1 aliphatic rings. The Balaban J connectivity index is 1.81. The van der Waals surface area contributed by atoms with E-state index in [-0.39, 0.29) is 11.9 Å². The zero-order valence-electron chi connectivity index (χ0n) is 11.5. The second-order valence-electron chi connectivity index (χ2n) is 5.15. The van der Waals surface area contributed by atoms with Crippen molar-refractivity contribution in [2.75, 3.05) is 6.61 Å². The van der Waals surface area contributed by atoms with Gasteiger partial charge >= 0.3 is 0 Å². The summed E-state index contributed by atoms with van der Waals surface area (Å²) < 4.78 is 5.78.